The summed E-state index contributed by atoms with van der Waals surface area (Å²) in [4.78, 5) is 0. The molecule has 0 aliphatic carbocycles. The van der Waals surface area contributed by atoms with Gasteiger partial charge in [0.15, 0.2) is 0 Å². The SMILES string of the molecule is CCNc1nnc(C2CCCOC2)n1CC. The average Bonchev–Trinajstić information content (AvgIpc) is 2.73. The van der Waals surface area contributed by atoms with Crippen molar-refractivity contribution in [3.05, 3.63) is 5.82 Å². The van der Waals surface area contributed by atoms with Crippen LogP contribution in [0.15, 0.2) is 0 Å². The lowest BCUT2D eigenvalue weighted by Crippen LogP contribution is -2.20. The van der Waals surface area contributed by atoms with Crippen molar-refractivity contribution in [2.45, 2.75) is 39.2 Å². The predicted octanol–water partition coefficient (Wildman–Crippen LogP) is 1.62. The minimum atomic E-state index is 0.411. The van der Waals surface area contributed by atoms with Crippen molar-refractivity contribution in [1.29, 1.82) is 0 Å². The summed E-state index contributed by atoms with van der Waals surface area (Å²) in [5.74, 6) is 2.36. The predicted molar refractivity (Wildman–Crippen MR) is 62.7 cm³/mol. The number of aromatic nitrogens is 3. The van der Waals surface area contributed by atoms with Crippen LogP contribution in [0.4, 0.5) is 5.95 Å². The van der Waals surface area contributed by atoms with Crippen LogP contribution in [0.2, 0.25) is 0 Å². The van der Waals surface area contributed by atoms with Gasteiger partial charge in [-0.15, -0.1) is 10.2 Å². The van der Waals surface area contributed by atoms with E-state index in [1.165, 1.54) is 0 Å². The largest absolute Gasteiger partial charge is 0.381 e. The van der Waals surface area contributed by atoms with Crippen LogP contribution in [0.3, 0.4) is 0 Å². The summed E-state index contributed by atoms with van der Waals surface area (Å²) in [5.41, 5.74) is 0. The van der Waals surface area contributed by atoms with Crippen LogP contribution in [0.25, 0.3) is 0 Å². The van der Waals surface area contributed by atoms with Crippen LogP contribution in [0, 0.1) is 0 Å². The van der Waals surface area contributed by atoms with E-state index in [4.69, 9.17) is 4.74 Å². The normalized spacial score (nSPS) is 21.0. The van der Waals surface area contributed by atoms with Crippen molar-refractivity contribution in [3.63, 3.8) is 0 Å². The molecule has 1 aliphatic heterocycles. The van der Waals surface area contributed by atoms with Crippen molar-refractivity contribution in [3.8, 4) is 0 Å². The van der Waals surface area contributed by atoms with Crippen molar-refractivity contribution < 1.29 is 4.74 Å². The Morgan fingerprint density at radius 2 is 2.31 bits per heavy atom. The Morgan fingerprint density at radius 1 is 1.44 bits per heavy atom. The van der Waals surface area contributed by atoms with E-state index < -0.39 is 0 Å². The second kappa shape index (κ2) is 5.30. The Bertz CT molecular complexity index is 331. The molecular formula is C11H20N4O. The van der Waals surface area contributed by atoms with Gasteiger partial charge in [-0.2, -0.15) is 0 Å². The van der Waals surface area contributed by atoms with E-state index in [0.717, 1.165) is 50.9 Å². The number of hydrogen-bond acceptors (Lipinski definition) is 4. The quantitative estimate of drug-likeness (QED) is 0.844. The first-order valence-corrected chi connectivity index (χ1v) is 6.11. The van der Waals surface area contributed by atoms with Gasteiger partial charge in [-0.05, 0) is 26.7 Å². The molecule has 0 radical (unpaired) electrons. The van der Waals surface area contributed by atoms with Gasteiger partial charge in [-0.3, -0.25) is 4.57 Å². The van der Waals surface area contributed by atoms with E-state index in [0.29, 0.717) is 5.92 Å². The molecule has 1 aliphatic rings. The summed E-state index contributed by atoms with van der Waals surface area (Å²) in [6.45, 7) is 7.64. The molecule has 1 saturated heterocycles. The maximum atomic E-state index is 5.50. The molecule has 1 fully saturated rings. The summed E-state index contributed by atoms with van der Waals surface area (Å²) in [6, 6.07) is 0. The van der Waals surface area contributed by atoms with Gasteiger partial charge in [0, 0.05) is 25.6 Å². The number of rotatable bonds is 4. The highest BCUT2D eigenvalue weighted by Gasteiger charge is 2.22. The van der Waals surface area contributed by atoms with E-state index in [1.54, 1.807) is 0 Å². The molecule has 0 bridgehead atoms. The van der Waals surface area contributed by atoms with Crippen molar-refractivity contribution in [2.24, 2.45) is 0 Å². The summed E-state index contributed by atoms with van der Waals surface area (Å²) < 4.78 is 7.66. The minimum absolute atomic E-state index is 0.411. The van der Waals surface area contributed by atoms with Gasteiger partial charge < -0.3 is 10.1 Å². The first kappa shape index (κ1) is 11.4. The zero-order valence-corrected chi connectivity index (χ0v) is 10.1. The topological polar surface area (TPSA) is 52.0 Å². The molecule has 90 valence electrons. The number of ether oxygens (including phenoxy) is 1. The lowest BCUT2D eigenvalue weighted by Gasteiger charge is -2.21. The van der Waals surface area contributed by atoms with Gasteiger partial charge >= 0.3 is 0 Å². The molecule has 0 saturated carbocycles. The summed E-state index contributed by atoms with van der Waals surface area (Å²) >= 11 is 0. The highest BCUT2D eigenvalue weighted by Crippen LogP contribution is 2.25. The maximum Gasteiger partial charge on any atom is 0.224 e. The molecular weight excluding hydrogens is 204 g/mol. The van der Waals surface area contributed by atoms with E-state index in [1.807, 2.05) is 0 Å². The Morgan fingerprint density at radius 3 is 2.94 bits per heavy atom. The molecule has 1 aromatic rings. The van der Waals surface area contributed by atoms with Crippen LogP contribution in [0.1, 0.15) is 38.4 Å². The Balaban J connectivity index is 2.18. The standard InChI is InChI=1S/C11H20N4O/c1-3-12-11-14-13-10(15(11)4-2)9-6-5-7-16-8-9/h9H,3-8H2,1-2H3,(H,12,14). The molecule has 16 heavy (non-hydrogen) atoms. The summed E-state index contributed by atoms with van der Waals surface area (Å²) in [7, 11) is 0. The number of nitrogens with zero attached hydrogens (tertiary/aromatic N) is 3. The summed E-state index contributed by atoms with van der Waals surface area (Å²) in [6.07, 6.45) is 2.28. The highest BCUT2D eigenvalue weighted by molar-refractivity contribution is 5.26. The lowest BCUT2D eigenvalue weighted by atomic mass is 10.0. The highest BCUT2D eigenvalue weighted by atomic mass is 16.5. The molecule has 1 N–H and O–H groups in total. The maximum absolute atomic E-state index is 5.50. The molecule has 0 amide bonds. The fourth-order valence-electron chi connectivity index (χ4n) is 2.16. The Hall–Kier alpha value is -1.10. The van der Waals surface area contributed by atoms with Crippen LogP contribution in [-0.2, 0) is 11.3 Å². The molecule has 1 atom stereocenters. The van der Waals surface area contributed by atoms with Gasteiger partial charge in [-0.25, -0.2) is 0 Å². The first-order chi connectivity index (χ1) is 7.86. The van der Waals surface area contributed by atoms with E-state index in [2.05, 4.69) is 33.9 Å². The fraction of sp³-hybridized carbons (Fsp3) is 0.818. The third kappa shape index (κ3) is 2.19. The fourth-order valence-corrected chi connectivity index (χ4v) is 2.16. The van der Waals surface area contributed by atoms with Crippen molar-refractivity contribution >= 4 is 5.95 Å². The number of hydrogen-bond donors (Lipinski definition) is 1. The molecule has 1 unspecified atom stereocenters. The average molecular weight is 224 g/mol. The third-order valence-electron chi connectivity index (χ3n) is 2.96. The lowest BCUT2D eigenvalue weighted by molar-refractivity contribution is 0.0770. The third-order valence-corrected chi connectivity index (χ3v) is 2.96. The second-order valence-corrected chi connectivity index (χ2v) is 4.07. The zero-order chi connectivity index (χ0) is 11.4. The van der Waals surface area contributed by atoms with E-state index >= 15 is 0 Å². The zero-order valence-electron chi connectivity index (χ0n) is 10.1. The molecule has 1 aromatic heterocycles. The van der Waals surface area contributed by atoms with Gasteiger partial charge in [0.25, 0.3) is 0 Å². The second-order valence-electron chi connectivity index (χ2n) is 4.07. The molecule has 0 spiro atoms. The Kier molecular flexibility index (Phi) is 3.77. The van der Waals surface area contributed by atoms with Crippen LogP contribution in [-0.4, -0.2) is 34.5 Å². The summed E-state index contributed by atoms with van der Waals surface area (Å²) in [5, 5.41) is 11.7. The van der Waals surface area contributed by atoms with E-state index in [9.17, 15) is 0 Å². The number of nitrogens with one attached hydrogen (secondary N) is 1. The van der Waals surface area contributed by atoms with Gasteiger partial charge in [0.1, 0.15) is 5.82 Å². The van der Waals surface area contributed by atoms with Crippen LogP contribution < -0.4 is 5.32 Å². The van der Waals surface area contributed by atoms with Gasteiger partial charge in [0.05, 0.1) is 6.61 Å². The molecule has 5 heteroatoms. The Labute approximate surface area is 96.2 Å². The molecule has 5 nitrogen and oxygen atoms in total. The van der Waals surface area contributed by atoms with Crippen molar-refractivity contribution in [1.82, 2.24) is 14.8 Å². The van der Waals surface area contributed by atoms with E-state index in [-0.39, 0.29) is 0 Å². The number of anilines is 1. The van der Waals surface area contributed by atoms with Crippen LogP contribution >= 0.6 is 0 Å². The first-order valence-electron chi connectivity index (χ1n) is 6.11. The smallest absolute Gasteiger partial charge is 0.224 e. The monoisotopic (exact) mass is 224 g/mol. The molecule has 0 aromatic carbocycles. The minimum Gasteiger partial charge on any atom is -0.381 e. The van der Waals surface area contributed by atoms with Crippen molar-refractivity contribution in [2.75, 3.05) is 25.1 Å². The van der Waals surface area contributed by atoms with Gasteiger partial charge in [0.2, 0.25) is 5.95 Å². The molecule has 2 rings (SSSR count). The molecule has 2 heterocycles. The van der Waals surface area contributed by atoms with Crippen LogP contribution in [0.5, 0.6) is 0 Å². The van der Waals surface area contributed by atoms with Gasteiger partial charge in [-0.1, -0.05) is 0 Å².